The number of unbranched alkanes of at least 4 members (excludes halogenated alkanes) is 84. The first-order valence-corrected chi connectivity index (χ1v) is 55.7. The van der Waals surface area contributed by atoms with Gasteiger partial charge in [-0.05, 0) is 64.2 Å². The minimum absolute atomic E-state index is 0. The molecule has 0 bridgehead atoms. The van der Waals surface area contributed by atoms with Gasteiger partial charge in [0.2, 0.25) is 0 Å². The smallest absolute Gasteiger partial charge is 0.550 e. The van der Waals surface area contributed by atoms with Gasteiger partial charge in [0, 0.05) is 36.7 Å². The van der Waals surface area contributed by atoms with E-state index in [0.717, 1.165) is 89.9 Å². The van der Waals surface area contributed by atoms with E-state index in [9.17, 15) is 53.7 Å². The summed E-state index contributed by atoms with van der Waals surface area (Å²) in [6.45, 7) is 13.6. The van der Waals surface area contributed by atoms with E-state index in [0.29, 0.717) is 0 Å². The summed E-state index contributed by atoms with van der Waals surface area (Å²) in [5, 5.41) is 40.9. The molecule has 0 saturated heterocycles. The van der Waals surface area contributed by atoms with E-state index in [4.69, 9.17) is 8.85 Å². The van der Waals surface area contributed by atoms with Crippen LogP contribution < -0.4 is 20.4 Å². The molecule has 0 fully saturated rings. The van der Waals surface area contributed by atoms with Gasteiger partial charge in [-0.2, -0.15) is 0 Å². The number of carbonyl (C=O) groups is 6. The second-order valence-electron chi connectivity index (χ2n) is 36.9. The Kier molecular flexibility index (Phi) is 139. The Morgan fingerprint density at radius 2 is 0.234 bits per heavy atom. The molecule has 0 aromatic heterocycles. The van der Waals surface area contributed by atoms with Crippen molar-refractivity contribution in [3.8, 4) is 0 Å². The third-order valence-electron chi connectivity index (χ3n) is 24.3. The second kappa shape index (κ2) is 128. The van der Waals surface area contributed by atoms with Crippen molar-refractivity contribution in [3.05, 3.63) is 0 Å². The minimum atomic E-state index is -3.08. The van der Waals surface area contributed by atoms with Crippen molar-refractivity contribution in [1.82, 2.24) is 0 Å². The summed E-state index contributed by atoms with van der Waals surface area (Å²) >= 11 is 0. The first-order chi connectivity index (χ1) is 59.7. The molecule has 0 aromatic carbocycles. The van der Waals surface area contributed by atoms with Crippen LogP contribution in [0.4, 0.5) is 0 Å². The number of carbonyl (C=O) groups excluding carboxylic acids is 6. The van der Waals surface area contributed by atoms with Crippen molar-refractivity contribution >= 4 is 91.1 Å². The van der Waals surface area contributed by atoms with E-state index in [1.165, 1.54) is 488 Å². The van der Waals surface area contributed by atoms with Gasteiger partial charge in [-0.25, -0.2) is 0 Å². The summed E-state index contributed by atoms with van der Waals surface area (Å²) in [5.41, 5.74) is 0. The van der Waals surface area contributed by atoms with Crippen molar-refractivity contribution < 1.29 is 62.5 Å². The summed E-state index contributed by atoms with van der Waals surface area (Å²) in [6, 6.07) is 0. The zero-order chi connectivity index (χ0) is 90.3. The van der Waals surface area contributed by atoms with Gasteiger partial charge >= 0.3 is 67.2 Å². The maximum Gasteiger partial charge on any atom is 2.00 e. The average Bonchev–Trinajstić information content (AvgIpc) is 0.965. The van der Waals surface area contributed by atoms with Crippen LogP contribution in [0.2, 0.25) is 0 Å². The van der Waals surface area contributed by atoms with Crippen molar-refractivity contribution in [2.45, 2.75) is 658 Å². The van der Waals surface area contributed by atoms with Crippen LogP contribution in [-0.4, -0.2) is 91.1 Å². The molecule has 0 spiro atoms. The van der Waals surface area contributed by atoms with Crippen LogP contribution in [0.3, 0.4) is 0 Å². The van der Waals surface area contributed by atoms with Crippen LogP contribution >= 0.6 is 0 Å². The Hall–Kier alpha value is -1.63. The van der Waals surface area contributed by atoms with Gasteiger partial charge in [0.05, 0.1) is 0 Å². The minimum Gasteiger partial charge on any atom is -0.550 e. The summed E-state index contributed by atoms with van der Waals surface area (Å²) in [7, 11) is -3.08. The van der Waals surface area contributed by atoms with Gasteiger partial charge in [-0.3, -0.25) is 14.1 Å². The summed E-state index contributed by atoms with van der Waals surface area (Å²) in [6.07, 6.45) is 118. The molecule has 0 N–H and O–H groups in total. The maximum absolute atomic E-state index is 11.9. The number of rotatable bonds is 98. The summed E-state index contributed by atoms with van der Waals surface area (Å²) in [5.74, 6) is -4.65. The number of carboxylic acid groups (broad SMARTS) is 4. The second-order valence-corrected chi connectivity index (χ2v) is 37.8. The average molecular weight is 1790 g/mol. The van der Waals surface area contributed by atoms with E-state index in [1.54, 1.807) is 0 Å². The van der Waals surface area contributed by atoms with Gasteiger partial charge in [0.15, 0.2) is 0 Å². The van der Waals surface area contributed by atoms with E-state index in [1.807, 2.05) is 0 Å². The molecule has 0 aromatic rings. The summed E-state index contributed by atoms with van der Waals surface area (Å²) < 4.78 is 21.5. The Morgan fingerprint density at radius 1 is 0.153 bits per heavy atom. The number of hydrogen-bond donors (Lipinski definition) is 0. The fraction of sp³-hybridized carbons (Fsp3) is 0.944. The largest absolute Gasteiger partial charge is 2.00 e. The Balaban J connectivity index is -0.000000288. The molecule has 0 radical (unpaired) electrons. The maximum atomic E-state index is 11.9. The van der Waals surface area contributed by atoms with Crippen LogP contribution in [-0.2, 0) is 42.1 Å². The number of carboxylic acids is 4. The van der Waals surface area contributed by atoms with Crippen molar-refractivity contribution in [2.75, 3.05) is 0 Å². The molecule has 728 valence electrons. The predicted octanol–water partition coefficient (Wildman–Crippen LogP) is 31.2. The quantitative estimate of drug-likeness (QED) is 0.0408. The van der Waals surface area contributed by atoms with E-state index >= 15 is 0 Å². The number of hydrogen-bond acceptors (Lipinski definition) is 13. The topological polar surface area (TPSA) is 230 Å². The molecule has 0 aliphatic carbocycles. The van der Waals surface area contributed by atoms with Crippen LogP contribution in [0.15, 0.2) is 0 Å². The third kappa shape index (κ3) is 146. The Morgan fingerprint density at radius 3 is 0.323 bits per heavy atom. The van der Waals surface area contributed by atoms with Crippen LogP contribution in [0, 0.1) is 0 Å². The Bertz CT molecular complexity index is 1820. The molecule has 0 amide bonds. The van der Waals surface area contributed by atoms with Crippen LogP contribution in [0.5, 0.6) is 0 Å². The fourth-order valence-corrected chi connectivity index (χ4v) is 16.8. The van der Waals surface area contributed by atoms with Crippen molar-refractivity contribution in [3.63, 3.8) is 0 Å². The van der Waals surface area contributed by atoms with E-state index in [-0.39, 0.29) is 84.6 Å². The molecule has 124 heavy (non-hydrogen) atoms. The number of aliphatic carboxylic acids is 4. The van der Waals surface area contributed by atoms with Crippen LogP contribution in [0.25, 0.3) is 0 Å². The fourth-order valence-electron chi connectivity index (χ4n) is 16.2. The van der Waals surface area contributed by atoms with Crippen LogP contribution in [0.1, 0.15) is 658 Å². The van der Waals surface area contributed by atoms with Gasteiger partial charge < -0.3 is 48.5 Å². The predicted molar refractivity (Wildman–Crippen MR) is 527 cm³/mol. The van der Waals surface area contributed by atoms with Crippen molar-refractivity contribution in [1.29, 1.82) is 0 Å². The molecule has 0 unspecified atom stereocenters. The molecular weight excluding hydrogens is 1580 g/mol. The molecule has 0 atom stereocenters. The normalized spacial score (nSPS) is 10.8. The standard InChI is InChI=1S/C36H70O5Si.4C18H36O2.2Mg/c1-3-5-7-9-11-13-15-17-19-21-23-25-27-29-31-33-35(37)40-42(39)41-36(38)34-32-30-28-26-24-22-20-18-16-14-12-10-8-6-4-2;4*1-2-3-4-5-6-7-8-9-10-11-12-13-14-15-16-17-18(19)20;;/h3-34H2,1-2H3;4*2-17H2,1H3,(H,19,20);;/q;;;;;2*+2/p-4. The molecule has 0 rings (SSSR count). The Labute approximate surface area is 805 Å². The van der Waals surface area contributed by atoms with Gasteiger partial charge in [-0.1, -0.05) is 581 Å². The third-order valence-corrected chi connectivity index (χ3v) is 25.1. The molecular formula is C108H210Mg2O13Si. The van der Waals surface area contributed by atoms with E-state index in [2.05, 4.69) is 41.5 Å². The molecule has 0 aliphatic rings. The molecule has 16 heteroatoms. The molecule has 0 saturated carbocycles. The zero-order valence-electron chi connectivity index (χ0n) is 84.1. The molecule has 0 heterocycles. The molecule has 13 nitrogen and oxygen atoms in total. The van der Waals surface area contributed by atoms with E-state index < -0.39 is 45.0 Å². The zero-order valence-corrected chi connectivity index (χ0v) is 87.9. The van der Waals surface area contributed by atoms with Gasteiger partial charge in [-0.15, -0.1) is 0 Å². The SMILES string of the molecule is CCCCCCCCCCCCCCCCCC(=O)O[Si](=O)OC(=O)CCCCCCCCCCCCCCCCC.CCCCCCCCCCCCCCCCCC(=O)[O-].CCCCCCCCCCCCCCCCCC(=O)[O-].CCCCCCCCCCCCCCCCCC(=O)[O-].CCCCCCCCCCCCCCCCCC(=O)[O-].[Mg+2].[Mg+2]. The molecule has 0 aliphatic heterocycles. The van der Waals surface area contributed by atoms with Crippen molar-refractivity contribution in [2.24, 2.45) is 0 Å². The first-order valence-electron chi connectivity index (χ1n) is 54.4. The van der Waals surface area contributed by atoms with Gasteiger partial charge in [0.25, 0.3) is 0 Å². The summed E-state index contributed by atoms with van der Waals surface area (Å²) in [4.78, 5) is 64.7. The monoisotopic (exact) mass is 1790 g/mol. The van der Waals surface area contributed by atoms with Gasteiger partial charge in [0.1, 0.15) is 0 Å². The first kappa shape index (κ1) is 135.